The zero-order valence-electron chi connectivity index (χ0n) is 12.9. The normalized spacial score (nSPS) is 10.3. The molecule has 0 bridgehead atoms. The molecule has 0 radical (unpaired) electrons. The molecule has 0 aliphatic rings. The average Bonchev–Trinajstić information content (AvgIpc) is 2.91. The molecule has 1 heterocycles. The standard InChI is InChI=1S/C15H17ClN6O2/c16-12-8-10(22(23)24)5-6-14(12)19-7-3-1-2-4-13-11(9-17)15(18)21-20-13/h5-6,8,19H,1-4,7H2,(H3,18,20,21). The Bertz CT molecular complexity index is 768. The van der Waals surface area contributed by atoms with Crippen LogP contribution in [0.15, 0.2) is 18.2 Å². The first kappa shape index (κ1) is 17.6. The number of rotatable bonds is 8. The smallest absolute Gasteiger partial charge is 0.271 e. The Morgan fingerprint density at radius 2 is 2.21 bits per heavy atom. The molecule has 2 rings (SSSR count). The molecule has 4 N–H and O–H groups in total. The number of nitrogen functional groups attached to an aromatic ring is 1. The Morgan fingerprint density at radius 3 is 2.88 bits per heavy atom. The average molecular weight is 349 g/mol. The van der Waals surface area contributed by atoms with E-state index >= 15 is 0 Å². The van der Waals surface area contributed by atoms with Gasteiger partial charge in [-0.15, -0.1) is 0 Å². The number of nitro benzene ring substituents is 1. The van der Waals surface area contributed by atoms with Gasteiger partial charge in [-0.3, -0.25) is 15.2 Å². The number of aryl methyl sites for hydroxylation is 1. The van der Waals surface area contributed by atoms with Gasteiger partial charge in [0.05, 0.1) is 21.3 Å². The van der Waals surface area contributed by atoms with E-state index in [2.05, 4.69) is 15.5 Å². The summed E-state index contributed by atoms with van der Waals surface area (Å²) in [6.07, 6.45) is 3.46. The van der Waals surface area contributed by atoms with Crippen molar-refractivity contribution in [1.82, 2.24) is 10.2 Å². The van der Waals surface area contributed by atoms with Crippen LogP contribution in [-0.2, 0) is 6.42 Å². The summed E-state index contributed by atoms with van der Waals surface area (Å²) in [5.74, 6) is 0.238. The Balaban J connectivity index is 1.72. The summed E-state index contributed by atoms with van der Waals surface area (Å²) >= 11 is 6.01. The number of aromatic nitrogens is 2. The molecule has 126 valence electrons. The molecule has 0 aliphatic heterocycles. The Kier molecular flexibility index (Phi) is 5.98. The number of nitrogens with one attached hydrogen (secondary N) is 2. The molecule has 0 saturated carbocycles. The SMILES string of the molecule is N#Cc1c(N)n[nH]c1CCCCCNc1ccc([N+](=O)[O-])cc1Cl. The number of nitriles is 1. The molecule has 1 aromatic carbocycles. The van der Waals surface area contributed by atoms with Gasteiger partial charge in [-0.2, -0.15) is 10.4 Å². The topological polar surface area (TPSA) is 134 Å². The summed E-state index contributed by atoms with van der Waals surface area (Å²) < 4.78 is 0. The predicted molar refractivity (Wildman–Crippen MR) is 91.9 cm³/mol. The van der Waals surface area contributed by atoms with Crippen LogP contribution >= 0.6 is 11.6 Å². The van der Waals surface area contributed by atoms with Crippen LogP contribution in [-0.4, -0.2) is 21.7 Å². The number of benzene rings is 1. The third-order valence-electron chi connectivity index (χ3n) is 3.56. The van der Waals surface area contributed by atoms with Gasteiger partial charge in [0.1, 0.15) is 11.6 Å². The molecule has 0 saturated heterocycles. The van der Waals surface area contributed by atoms with Crippen LogP contribution in [0, 0.1) is 21.4 Å². The van der Waals surface area contributed by atoms with Crippen LogP contribution < -0.4 is 11.1 Å². The van der Waals surface area contributed by atoms with Crippen LogP contribution in [0.3, 0.4) is 0 Å². The van der Waals surface area contributed by atoms with E-state index in [0.29, 0.717) is 29.2 Å². The number of hydrogen-bond acceptors (Lipinski definition) is 6. The van der Waals surface area contributed by atoms with Crippen molar-refractivity contribution in [2.45, 2.75) is 25.7 Å². The summed E-state index contributed by atoms with van der Waals surface area (Å²) in [5, 5.41) is 29.7. The van der Waals surface area contributed by atoms with Gasteiger partial charge in [0.25, 0.3) is 5.69 Å². The lowest BCUT2D eigenvalue weighted by Crippen LogP contribution is -2.02. The van der Waals surface area contributed by atoms with Crippen molar-refractivity contribution in [3.05, 3.63) is 44.6 Å². The molecule has 0 amide bonds. The minimum atomic E-state index is -0.479. The van der Waals surface area contributed by atoms with Gasteiger partial charge in [0.15, 0.2) is 5.82 Å². The third-order valence-corrected chi connectivity index (χ3v) is 3.88. The van der Waals surface area contributed by atoms with E-state index in [9.17, 15) is 10.1 Å². The van der Waals surface area contributed by atoms with E-state index in [1.807, 2.05) is 6.07 Å². The number of hydrogen-bond donors (Lipinski definition) is 3. The van der Waals surface area contributed by atoms with Crippen molar-refractivity contribution in [3.8, 4) is 6.07 Å². The van der Waals surface area contributed by atoms with Crippen LogP contribution in [0.1, 0.15) is 30.5 Å². The number of halogens is 1. The van der Waals surface area contributed by atoms with E-state index in [-0.39, 0.29) is 11.5 Å². The molecule has 0 unspecified atom stereocenters. The largest absolute Gasteiger partial charge is 0.384 e. The zero-order chi connectivity index (χ0) is 17.5. The van der Waals surface area contributed by atoms with Crippen LogP contribution in [0.25, 0.3) is 0 Å². The van der Waals surface area contributed by atoms with Crippen LogP contribution in [0.2, 0.25) is 5.02 Å². The Hall–Kier alpha value is -2.79. The number of anilines is 2. The van der Waals surface area contributed by atoms with Crippen molar-refractivity contribution in [2.24, 2.45) is 0 Å². The van der Waals surface area contributed by atoms with Crippen molar-refractivity contribution in [1.29, 1.82) is 5.26 Å². The zero-order valence-corrected chi connectivity index (χ0v) is 13.6. The van der Waals surface area contributed by atoms with E-state index in [4.69, 9.17) is 22.6 Å². The van der Waals surface area contributed by atoms with E-state index in [1.54, 1.807) is 6.07 Å². The lowest BCUT2D eigenvalue weighted by molar-refractivity contribution is -0.384. The van der Waals surface area contributed by atoms with Crippen molar-refractivity contribution in [2.75, 3.05) is 17.6 Å². The maximum atomic E-state index is 10.7. The first-order valence-electron chi connectivity index (χ1n) is 7.43. The van der Waals surface area contributed by atoms with Gasteiger partial charge in [0.2, 0.25) is 0 Å². The minimum Gasteiger partial charge on any atom is -0.384 e. The molecule has 0 atom stereocenters. The summed E-state index contributed by atoms with van der Waals surface area (Å²) in [5.41, 5.74) is 7.42. The maximum absolute atomic E-state index is 10.7. The number of nitrogens with two attached hydrogens (primary N) is 1. The number of H-pyrrole nitrogens is 1. The highest BCUT2D eigenvalue weighted by molar-refractivity contribution is 6.33. The molecule has 0 aliphatic carbocycles. The highest BCUT2D eigenvalue weighted by atomic mass is 35.5. The predicted octanol–water partition coefficient (Wildman–Crippen LogP) is 3.25. The minimum absolute atomic E-state index is 0.0299. The third kappa shape index (κ3) is 4.36. The van der Waals surface area contributed by atoms with Gasteiger partial charge in [-0.1, -0.05) is 18.0 Å². The van der Waals surface area contributed by atoms with E-state index < -0.39 is 4.92 Å². The fourth-order valence-electron chi connectivity index (χ4n) is 2.29. The van der Waals surface area contributed by atoms with Crippen molar-refractivity contribution >= 4 is 28.8 Å². The van der Waals surface area contributed by atoms with E-state index in [1.165, 1.54) is 12.1 Å². The summed E-state index contributed by atoms with van der Waals surface area (Å²) in [4.78, 5) is 10.2. The van der Waals surface area contributed by atoms with Crippen molar-refractivity contribution in [3.63, 3.8) is 0 Å². The molecular formula is C15H17ClN6O2. The first-order valence-corrected chi connectivity index (χ1v) is 7.81. The highest BCUT2D eigenvalue weighted by Crippen LogP contribution is 2.26. The summed E-state index contributed by atoms with van der Waals surface area (Å²) in [7, 11) is 0. The molecule has 24 heavy (non-hydrogen) atoms. The van der Waals surface area contributed by atoms with Crippen LogP contribution in [0.5, 0.6) is 0 Å². The quantitative estimate of drug-likeness (QED) is 0.381. The lowest BCUT2D eigenvalue weighted by atomic mass is 10.1. The first-order chi connectivity index (χ1) is 11.5. The highest BCUT2D eigenvalue weighted by Gasteiger charge is 2.10. The van der Waals surface area contributed by atoms with Gasteiger partial charge < -0.3 is 11.1 Å². The fourth-order valence-corrected chi connectivity index (χ4v) is 2.53. The van der Waals surface area contributed by atoms with Gasteiger partial charge >= 0.3 is 0 Å². The number of nitro groups is 1. The Labute approximate surface area is 143 Å². The van der Waals surface area contributed by atoms with E-state index in [0.717, 1.165) is 25.0 Å². The maximum Gasteiger partial charge on any atom is 0.271 e. The molecule has 9 heteroatoms. The molecule has 0 spiro atoms. The molecule has 2 aromatic rings. The summed E-state index contributed by atoms with van der Waals surface area (Å²) in [6, 6.07) is 6.39. The second-order valence-corrected chi connectivity index (χ2v) is 5.64. The number of unbranched alkanes of at least 4 members (excludes halogenated alkanes) is 2. The molecule has 0 fully saturated rings. The van der Waals surface area contributed by atoms with Gasteiger partial charge in [-0.25, -0.2) is 0 Å². The van der Waals surface area contributed by atoms with Gasteiger partial charge in [-0.05, 0) is 25.3 Å². The lowest BCUT2D eigenvalue weighted by Gasteiger charge is -2.08. The monoisotopic (exact) mass is 348 g/mol. The number of aromatic amines is 1. The fraction of sp³-hybridized carbons (Fsp3) is 0.333. The number of non-ortho nitro benzene ring substituents is 1. The second-order valence-electron chi connectivity index (χ2n) is 5.23. The van der Waals surface area contributed by atoms with Crippen LogP contribution in [0.4, 0.5) is 17.2 Å². The van der Waals surface area contributed by atoms with Gasteiger partial charge in [0, 0.05) is 18.7 Å². The Morgan fingerprint density at radius 1 is 1.42 bits per heavy atom. The molecule has 8 nitrogen and oxygen atoms in total. The molecule has 1 aromatic heterocycles. The van der Waals surface area contributed by atoms with Crippen molar-refractivity contribution < 1.29 is 4.92 Å². The molecular weight excluding hydrogens is 332 g/mol. The summed E-state index contributed by atoms with van der Waals surface area (Å²) in [6.45, 7) is 0.702. The number of nitrogens with zero attached hydrogens (tertiary/aromatic N) is 3. The second kappa shape index (κ2) is 8.17.